The molecule has 1 aromatic heterocycles. The third-order valence-electron chi connectivity index (χ3n) is 3.77. The number of methoxy groups -OCH3 is 2. The second-order valence-electron chi connectivity index (χ2n) is 5.57. The molecule has 0 saturated carbocycles. The van der Waals surface area contributed by atoms with Crippen molar-refractivity contribution in [1.29, 1.82) is 0 Å². The molecule has 0 aliphatic heterocycles. The van der Waals surface area contributed by atoms with E-state index in [-0.39, 0.29) is 6.61 Å². The summed E-state index contributed by atoms with van der Waals surface area (Å²) in [5, 5.41) is 8.29. The van der Waals surface area contributed by atoms with Crippen LogP contribution in [0.4, 0.5) is 0 Å². The molecule has 0 aliphatic rings. The third kappa shape index (κ3) is 4.38. The second kappa shape index (κ2) is 8.55. The molecule has 2 aromatic carbocycles. The van der Waals surface area contributed by atoms with Gasteiger partial charge < -0.3 is 18.8 Å². The lowest BCUT2D eigenvalue weighted by molar-refractivity contribution is 0.107. The van der Waals surface area contributed by atoms with Crippen molar-refractivity contribution in [3.63, 3.8) is 0 Å². The van der Waals surface area contributed by atoms with E-state index in [1.54, 1.807) is 12.1 Å². The molecule has 3 aromatic rings. The minimum atomic E-state index is 0.0520. The van der Waals surface area contributed by atoms with Gasteiger partial charge in [0.15, 0.2) is 18.1 Å². The van der Waals surface area contributed by atoms with Gasteiger partial charge in [-0.1, -0.05) is 46.2 Å². The van der Waals surface area contributed by atoms with Gasteiger partial charge in [0.25, 0.3) is 5.89 Å². The van der Waals surface area contributed by atoms with Gasteiger partial charge in [-0.15, -0.1) is 0 Å². The van der Waals surface area contributed by atoms with E-state index in [0.29, 0.717) is 33.8 Å². The molecule has 7 nitrogen and oxygen atoms in total. The Morgan fingerprint density at radius 3 is 2.74 bits per heavy atom. The van der Waals surface area contributed by atoms with Crippen LogP contribution in [0.25, 0.3) is 11.4 Å². The number of benzene rings is 2. The first-order valence-electron chi connectivity index (χ1n) is 8.07. The van der Waals surface area contributed by atoms with Gasteiger partial charge in [-0.25, -0.2) is 0 Å². The van der Waals surface area contributed by atoms with Crippen molar-refractivity contribution in [2.24, 2.45) is 5.16 Å². The number of ether oxygens (including phenoxy) is 2. The van der Waals surface area contributed by atoms with Crippen LogP contribution in [0.3, 0.4) is 0 Å². The Morgan fingerprint density at radius 1 is 1.19 bits per heavy atom. The maximum Gasteiger partial charge on any atom is 0.267 e. The SMILES string of the molecule is COc1cc(/C=N\OCc2nc(-c3ccccc3C)no2)cc(Cl)c1OC. The van der Waals surface area contributed by atoms with Crippen LogP contribution in [0.2, 0.25) is 5.02 Å². The Labute approximate surface area is 161 Å². The lowest BCUT2D eigenvalue weighted by atomic mass is 10.1. The van der Waals surface area contributed by atoms with Crippen molar-refractivity contribution in [3.05, 3.63) is 58.4 Å². The summed E-state index contributed by atoms with van der Waals surface area (Å²) in [4.78, 5) is 9.55. The third-order valence-corrected chi connectivity index (χ3v) is 4.06. The predicted octanol–water partition coefficient (Wildman–Crippen LogP) is 4.27. The molecule has 0 fully saturated rings. The van der Waals surface area contributed by atoms with Crippen LogP contribution in [0.1, 0.15) is 17.0 Å². The van der Waals surface area contributed by atoms with E-state index in [9.17, 15) is 0 Å². The Balaban J connectivity index is 1.64. The summed E-state index contributed by atoms with van der Waals surface area (Å²) in [7, 11) is 3.06. The van der Waals surface area contributed by atoms with Gasteiger partial charge in [0.1, 0.15) is 0 Å². The Hall–Kier alpha value is -3.06. The van der Waals surface area contributed by atoms with E-state index in [4.69, 9.17) is 30.4 Å². The monoisotopic (exact) mass is 387 g/mol. The molecule has 0 unspecified atom stereocenters. The fraction of sp³-hybridized carbons (Fsp3) is 0.211. The summed E-state index contributed by atoms with van der Waals surface area (Å²) in [6, 6.07) is 11.2. The number of rotatable bonds is 7. The van der Waals surface area contributed by atoms with Crippen molar-refractivity contribution < 1.29 is 18.8 Å². The molecule has 140 valence electrons. The van der Waals surface area contributed by atoms with E-state index < -0.39 is 0 Å². The van der Waals surface area contributed by atoms with Gasteiger partial charge in [-0.2, -0.15) is 4.98 Å². The molecule has 0 atom stereocenters. The zero-order valence-electron chi connectivity index (χ0n) is 15.1. The molecule has 0 spiro atoms. The number of hydrogen-bond acceptors (Lipinski definition) is 7. The van der Waals surface area contributed by atoms with E-state index in [0.717, 1.165) is 11.1 Å². The van der Waals surface area contributed by atoms with E-state index in [1.165, 1.54) is 20.4 Å². The molecule has 0 saturated heterocycles. The van der Waals surface area contributed by atoms with Crippen LogP contribution in [-0.4, -0.2) is 30.6 Å². The summed E-state index contributed by atoms with van der Waals surface area (Å²) in [6.07, 6.45) is 1.51. The number of aryl methyl sites for hydroxylation is 1. The molecule has 1 heterocycles. The summed E-state index contributed by atoms with van der Waals surface area (Å²) < 4.78 is 15.6. The molecule has 8 heteroatoms. The van der Waals surface area contributed by atoms with Crippen LogP contribution in [0.15, 0.2) is 46.1 Å². The van der Waals surface area contributed by atoms with Crippen LogP contribution in [0.5, 0.6) is 11.5 Å². The molecular formula is C19H18ClN3O4. The normalized spacial score (nSPS) is 11.0. The number of nitrogens with zero attached hydrogens (tertiary/aromatic N) is 3. The van der Waals surface area contributed by atoms with Gasteiger partial charge in [0.2, 0.25) is 5.82 Å². The van der Waals surface area contributed by atoms with Crippen LogP contribution in [-0.2, 0) is 11.4 Å². The summed E-state index contributed by atoms with van der Waals surface area (Å²) in [5.41, 5.74) is 2.67. The minimum Gasteiger partial charge on any atom is -0.493 e. The van der Waals surface area contributed by atoms with Gasteiger partial charge in [-0.05, 0) is 24.6 Å². The molecule has 0 radical (unpaired) electrons. The first-order chi connectivity index (χ1) is 13.1. The topological polar surface area (TPSA) is 79.0 Å². The quantitative estimate of drug-likeness (QED) is 0.445. The highest BCUT2D eigenvalue weighted by Crippen LogP contribution is 2.35. The predicted molar refractivity (Wildman–Crippen MR) is 101 cm³/mol. The van der Waals surface area contributed by atoms with Crippen LogP contribution < -0.4 is 9.47 Å². The molecular weight excluding hydrogens is 370 g/mol. The number of aromatic nitrogens is 2. The summed E-state index contributed by atoms with van der Waals surface area (Å²) in [6.45, 7) is 2.04. The van der Waals surface area contributed by atoms with Gasteiger partial charge >= 0.3 is 0 Å². The van der Waals surface area contributed by atoms with Crippen molar-refractivity contribution in [1.82, 2.24) is 10.1 Å². The number of hydrogen-bond donors (Lipinski definition) is 0. The largest absolute Gasteiger partial charge is 0.493 e. The molecule has 0 bridgehead atoms. The lowest BCUT2D eigenvalue weighted by Gasteiger charge is -2.09. The average Bonchev–Trinajstić information content (AvgIpc) is 3.13. The first-order valence-corrected chi connectivity index (χ1v) is 8.45. The van der Waals surface area contributed by atoms with Gasteiger partial charge in [-0.3, -0.25) is 0 Å². The van der Waals surface area contributed by atoms with Crippen LogP contribution >= 0.6 is 11.6 Å². The zero-order chi connectivity index (χ0) is 19.2. The Kier molecular flexibility index (Phi) is 5.93. The minimum absolute atomic E-state index is 0.0520. The van der Waals surface area contributed by atoms with Crippen molar-refractivity contribution >= 4 is 17.8 Å². The fourth-order valence-electron chi connectivity index (χ4n) is 2.45. The highest BCUT2D eigenvalue weighted by atomic mass is 35.5. The maximum absolute atomic E-state index is 6.16. The lowest BCUT2D eigenvalue weighted by Crippen LogP contribution is -1.94. The summed E-state index contributed by atoms with van der Waals surface area (Å²) >= 11 is 6.16. The van der Waals surface area contributed by atoms with E-state index in [1.807, 2.05) is 31.2 Å². The van der Waals surface area contributed by atoms with Crippen molar-refractivity contribution in [3.8, 4) is 22.9 Å². The van der Waals surface area contributed by atoms with Crippen LogP contribution in [0, 0.1) is 6.92 Å². The molecule has 0 N–H and O–H groups in total. The fourth-order valence-corrected chi connectivity index (χ4v) is 2.75. The van der Waals surface area contributed by atoms with Gasteiger partial charge in [0, 0.05) is 11.1 Å². The number of oxime groups is 1. The van der Waals surface area contributed by atoms with E-state index in [2.05, 4.69) is 15.3 Å². The number of halogens is 1. The maximum atomic E-state index is 6.16. The Morgan fingerprint density at radius 2 is 2.00 bits per heavy atom. The molecule has 3 rings (SSSR count). The standard InChI is InChI=1S/C19H18ClN3O4/c1-12-6-4-5-7-14(12)19-22-17(27-23-19)11-26-21-10-13-8-15(20)18(25-3)16(9-13)24-2/h4-10H,11H2,1-3H3/b21-10-. The van der Waals surface area contributed by atoms with Crippen molar-refractivity contribution in [2.45, 2.75) is 13.5 Å². The van der Waals surface area contributed by atoms with E-state index >= 15 is 0 Å². The molecule has 0 aliphatic carbocycles. The zero-order valence-corrected chi connectivity index (χ0v) is 15.9. The highest BCUT2D eigenvalue weighted by Gasteiger charge is 2.11. The second-order valence-corrected chi connectivity index (χ2v) is 5.98. The smallest absolute Gasteiger partial charge is 0.267 e. The van der Waals surface area contributed by atoms with Crippen molar-refractivity contribution in [2.75, 3.05) is 14.2 Å². The van der Waals surface area contributed by atoms with Gasteiger partial charge in [0.05, 0.1) is 25.5 Å². The summed E-state index contributed by atoms with van der Waals surface area (Å²) in [5.74, 6) is 1.82. The highest BCUT2D eigenvalue weighted by molar-refractivity contribution is 6.32. The average molecular weight is 388 g/mol. The Bertz CT molecular complexity index is 956. The first kappa shape index (κ1) is 18.7. The molecule has 0 amide bonds. The molecule has 27 heavy (non-hydrogen) atoms.